The summed E-state index contributed by atoms with van der Waals surface area (Å²) in [6, 6.07) is 5.19. The highest BCUT2D eigenvalue weighted by molar-refractivity contribution is 7.98. The summed E-state index contributed by atoms with van der Waals surface area (Å²) in [7, 11) is 0. The maximum Gasteiger partial charge on any atom is 0.187 e. The zero-order valence-corrected chi connectivity index (χ0v) is 9.87. The van der Waals surface area contributed by atoms with Crippen LogP contribution in [0.3, 0.4) is 0 Å². The van der Waals surface area contributed by atoms with Crippen LogP contribution in [0.15, 0.2) is 35.7 Å². The van der Waals surface area contributed by atoms with Crippen molar-refractivity contribution in [3.63, 3.8) is 0 Å². The summed E-state index contributed by atoms with van der Waals surface area (Å²) < 4.78 is 0. The van der Waals surface area contributed by atoms with E-state index in [2.05, 4.69) is 15.0 Å². The highest BCUT2D eigenvalue weighted by atomic mass is 35.5. The van der Waals surface area contributed by atoms with Crippen molar-refractivity contribution in [1.29, 1.82) is 0 Å². The normalized spacial score (nSPS) is 10.3. The first-order valence-electron chi connectivity index (χ1n) is 4.56. The van der Waals surface area contributed by atoms with Gasteiger partial charge in [-0.1, -0.05) is 23.4 Å². The van der Waals surface area contributed by atoms with Crippen molar-refractivity contribution < 1.29 is 0 Å². The average Bonchev–Trinajstić information content (AvgIpc) is 2.32. The minimum atomic E-state index is 0.467. The van der Waals surface area contributed by atoms with Gasteiger partial charge in [-0.05, 0) is 18.2 Å². The van der Waals surface area contributed by atoms with Crippen LogP contribution in [0.5, 0.6) is 0 Å². The Morgan fingerprint density at radius 3 is 2.75 bits per heavy atom. The van der Waals surface area contributed by atoms with Gasteiger partial charge in [0.1, 0.15) is 5.82 Å². The van der Waals surface area contributed by atoms with Gasteiger partial charge in [-0.15, -0.1) is 0 Å². The highest BCUT2D eigenvalue weighted by Crippen LogP contribution is 2.23. The molecule has 82 valence electrons. The predicted octanol–water partition coefficient (Wildman–Crippen LogP) is 2.40. The Labute approximate surface area is 102 Å². The topological polar surface area (TPSA) is 64.7 Å². The molecule has 16 heavy (non-hydrogen) atoms. The lowest BCUT2D eigenvalue weighted by molar-refractivity contribution is 0.965. The molecule has 0 aliphatic heterocycles. The molecule has 2 N–H and O–H groups in total. The van der Waals surface area contributed by atoms with Gasteiger partial charge in [-0.25, -0.2) is 15.0 Å². The van der Waals surface area contributed by atoms with E-state index in [4.69, 9.17) is 17.3 Å². The third kappa shape index (κ3) is 2.84. The van der Waals surface area contributed by atoms with Crippen LogP contribution in [-0.2, 0) is 5.75 Å². The van der Waals surface area contributed by atoms with Gasteiger partial charge in [0, 0.05) is 18.1 Å². The van der Waals surface area contributed by atoms with Crippen LogP contribution in [0, 0.1) is 0 Å². The van der Waals surface area contributed by atoms with E-state index in [-0.39, 0.29) is 0 Å². The number of pyridine rings is 1. The molecule has 0 aliphatic carbocycles. The zero-order chi connectivity index (χ0) is 11.4. The molecule has 0 amide bonds. The minimum absolute atomic E-state index is 0.467. The summed E-state index contributed by atoms with van der Waals surface area (Å²) in [4.78, 5) is 12.3. The lowest BCUT2D eigenvalue weighted by atomic mass is 10.4. The number of halogens is 1. The zero-order valence-electron chi connectivity index (χ0n) is 8.30. The Balaban J connectivity index is 2.08. The molecule has 0 aromatic carbocycles. The number of nitrogens with zero attached hydrogens (tertiary/aromatic N) is 3. The first-order valence-corrected chi connectivity index (χ1v) is 5.93. The van der Waals surface area contributed by atoms with Crippen LogP contribution in [-0.4, -0.2) is 15.0 Å². The van der Waals surface area contributed by atoms with E-state index in [1.54, 1.807) is 30.6 Å². The van der Waals surface area contributed by atoms with Gasteiger partial charge < -0.3 is 5.73 Å². The van der Waals surface area contributed by atoms with Crippen molar-refractivity contribution in [2.24, 2.45) is 0 Å². The molecule has 0 radical (unpaired) electrons. The van der Waals surface area contributed by atoms with Crippen molar-refractivity contribution in [2.45, 2.75) is 10.9 Å². The number of aromatic nitrogens is 3. The molecule has 0 fully saturated rings. The van der Waals surface area contributed by atoms with E-state index < -0.39 is 0 Å². The molecule has 0 saturated heterocycles. The molecule has 2 aromatic heterocycles. The van der Waals surface area contributed by atoms with Crippen molar-refractivity contribution in [3.05, 3.63) is 41.3 Å². The highest BCUT2D eigenvalue weighted by Gasteiger charge is 2.04. The number of rotatable bonds is 3. The smallest absolute Gasteiger partial charge is 0.187 e. The van der Waals surface area contributed by atoms with Gasteiger partial charge in [0.05, 0.1) is 10.7 Å². The fourth-order valence-corrected chi connectivity index (χ4v) is 2.10. The Hall–Kier alpha value is -1.33. The first kappa shape index (κ1) is 11.2. The number of hydrogen-bond acceptors (Lipinski definition) is 5. The van der Waals surface area contributed by atoms with E-state index >= 15 is 0 Å². The van der Waals surface area contributed by atoms with E-state index in [0.717, 1.165) is 5.69 Å². The molecule has 0 spiro atoms. The van der Waals surface area contributed by atoms with Gasteiger partial charge in [0.2, 0.25) is 0 Å². The third-order valence-electron chi connectivity index (χ3n) is 1.82. The third-order valence-corrected chi connectivity index (χ3v) is 3.05. The van der Waals surface area contributed by atoms with Crippen molar-refractivity contribution >= 4 is 29.2 Å². The predicted molar refractivity (Wildman–Crippen MR) is 65.3 cm³/mol. The fraction of sp³-hybridized carbons (Fsp3) is 0.100. The molecule has 4 nitrogen and oxygen atoms in total. The van der Waals surface area contributed by atoms with Crippen LogP contribution in [0.1, 0.15) is 5.69 Å². The van der Waals surface area contributed by atoms with E-state index in [9.17, 15) is 0 Å². The van der Waals surface area contributed by atoms with E-state index in [0.29, 0.717) is 21.7 Å². The van der Waals surface area contributed by atoms with Crippen LogP contribution in [0.4, 0.5) is 5.82 Å². The molecule has 2 aromatic rings. The van der Waals surface area contributed by atoms with Crippen LogP contribution in [0.25, 0.3) is 0 Å². The summed E-state index contributed by atoms with van der Waals surface area (Å²) in [6.45, 7) is 0. The quantitative estimate of drug-likeness (QED) is 0.671. The van der Waals surface area contributed by atoms with Crippen LogP contribution < -0.4 is 5.73 Å². The standard InChI is InChI=1S/C10H9ClN4S/c11-7-2-3-9(12)15-8(7)6-16-10-13-4-1-5-14-10/h1-5H,6H2,(H2,12,15). The molecule has 0 atom stereocenters. The number of hydrogen-bond donors (Lipinski definition) is 1. The maximum absolute atomic E-state index is 5.99. The summed E-state index contributed by atoms with van der Waals surface area (Å²) in [6.07, 6.45) is 3.40. The SMILES string of the molecule is Nc1ccc(Cl)c(CSc2ncccn2)n1. The van der Waals surface area contributed by atoms with Crippen molar-refractivity contribution in [1.82, 2.24) is 15.0 Å². The molecule has 0 aliphatic rings. The second-order valence-corrected chi connectivity index (χ2v) is 4.33. The Bertz CT molecular complexity index is 478. The van der Waals surface area contributed by atoms with Crippen LogP contribution in [0.2, 0.25) is 5.02 Å². The van der Waals surface area contributed by atoms with Gasteiger partial charge in [-0.2, -0.15) is 0 Å². The van der Waals surface area contributed by atoms with E-state index in [1.807, 2.05) is 0 Å². The second kappa shape index (κ2) is 5.14. The lowest BCUT2D eigenvalue weighted by Crippen LogP contribution is -1.95. The molecular formula is C10H9ClN4S. The molecule has 0 bridgehead atoms. The number of thioether (sulfide) groups is 1. The molecule has 2 rings (SSSR count). The molecular weight excluding hydrogens is 244 g/mol. The first-order chi connectivity index (χ1) is 7.75. The number of anilines is 1. The van der Waals surface area contributed by atoms with Crippen molar-refractivity contribution in [2.75, 3.05) is 5.73 Å². The summed E-state index contributed by atoms with van der Waals surface area (Å²) >= 11 is 7.46. The molecule has 0 saturated carbocycles. The van der Waals surface area contributed by atoms with Gasteiger partial charge in [0.15, 0.2) is 5.16 Å². The van der Waals surface area contributed by atoms with E-state index in [1.165, 1.54) is 11.8 Å². The van der Waals surface area contributed by atoms with Gasteiger partial charge in [0.25, 0.3) is 0 Å². The Morgan fingerprint density at radius 1 is 1.25 bits per heavy atom. The maximum atomic E-state index is 5.99. The molecule has 0 unspecified atom stereocenters. The monoisotopic (exact) mass is 252 g/mol. The summed E-state index contributed by atoms with van der Waals surface area (Å²) in [5, 5.41) is 1.31. The molecule has 6 heteroatoms. The van der Waals surface area contributed by atoms with Crippen LogP contribution >= 0.6 is 23.4 Å². The van der Waals surface area contributed by atoms with Gasteiger partial charge >= 0.3 is 0 Å². The Morgan fingerprint density at radius 2 is 2.00 bits per heavy atom. The molecule has 2 heterocycles. The lowest BCUT2D eigenvalue weighted by Gasteiger charge is -2.03. The fourth-order valence-electron chi connectivity index (χ4n) is 1.10. The average molecular weight is 253 g/mol. The largest absolute Gasteiger partial charge is 0.384 e. The summed E-state index contributed by atoms with van der Waals surface area (Å²) in [5.74, 6) is 1.07. The number of nitrogen functional groups attached to an aromatic ring is 1. The Kier molecular flexibility index (Phi) is 3.58. The number of nitrogens with two attached hydrogens (primary N) is 1. The summed E-state index contributed by atoms with van der Waals surface area (Å²) in [5.41, 5.74) is 6.34. The van der Waals surface area contributed by atoms with Gasteiger partial charge in [-0.3, -0.25) is 0 Å². The minimum Gasteiger partial charge on any atom is -0.384 e. The second-order valence-electron chi connectivity index (χ2n) is 2.98. The van der Waals surface area contributed by atoms with Crippen molar-refractivity contribution in [3.8, 4) is 0 Å².